The maximum Gasteiger partial charge on any atom is 0.287 e. The van der Waals surface area contributed by atoms with E-state index in [2.05, 4.69) is 10.2 Å². The highest BCUT2D eigenvalue weighted by Gasteiger charge is 2.35. The van der Waals surface area contributed by atoms with Gasteiger partial charge in [-0.3, -0.25) is 9.69 Å². The van der Waals surface area contributed by atoms with Crippen molar-refractivity contribution in [1.29, 1.82) is 0 Å². The van der Waals surface area contributed by atoms with Crippen molar-refractivity contribution in [2.75, 3.05) is 39.4 Å². The Bertz CT molecular complexity index is 898. The van der Waals surface area contributed by atoms with E-state index in [-0.39, 0.29) is 5.91 Å². The van der Waals surface area contributed by atoms with Gasteiger partial charge in [0, 0.05) is 42.6 Å². The van der Waals surface area contributed by atoms with Gasteiger partial charge >= 0.3 is 0 Å². The quantitative estimate of drug-likeness (QED) is 0.749. The Hall–Kier alpha value is -2.09. The standard InChI is InChI=1S/C22H30N2O5/c1-14-18-16(5-6-17-19(18)15(25)13-22(2,3)29-17)28-20(14)21(26)23-7-4-8-24-9-11-27-12-10-24/h5-6,15,25H,4,7-13H2,1-3H3,(H,23,26)/t15-/m0/s1. The highest BCUT2D eigenvalue weighted by Crippen LogP contribution is 2.45. The summed E-state index contributed by atoms with van der Waals surface area (Å²) < 4.78 is 17.3. The first-order chi connectivity index (χ1) is 13.9. The molecule has 1 amide bonds. The van der Waals surface area contributed by atoms with Gasteiger partial charge in [-0.25, -0.2) is 0 Å². The molecule has 0 radical (unpaired) electrons. The first-order valence-corrected chi connectivity index (χ1v) is 10.4. The van der Waals surface area contributed by atoms with Crippen molar-refractivity contribution in [1.82, 2.24) is 10.2 Å². The van der Waals surface area contributed by atoms with Gasteiger partial charge < -0.3 is 24.3 Å². The Morgan fingerprint density at radius 2 is 2.07 bits per heavy atom. The lowest BCUT2D eigenvalue weighted by molar-refractivity contribution is 0.0126. The second kappa shape index (κ2) is 7.97. The second-order valence-electron chi connectivity index (χ2n) is 8.55. The maximum absolute atomic E-state index is 12.7. The van der Waals surface area contributed by atoms with Gasteiger partial charge in [0.05, 0.1) is 19.3 Å². The normalized spacial score (nSPS) is 21.6. The number of aliphatic hydroxyl groups excluding tert-OH is 1. The summed E-state index contributed by atoms with van der Waals surface area (Å²) >= 11 is 0. The Morgan fingerprint density at radius 3 is 2.83 bits per heavy atom. The third kappa shape index (κ3) is 4.13. The van der Waals surface area contributed by atoms with Crippen LogP contribution in [0, 0.1) is 6.92 Å². The van der Waals surface area contributed by atoms with Gasteiger partial charge in [-0.15, -0.1) is 0 Å². The van der Waals surface area contributed by atoms with Crippen LogP contribution in [0.2, 0.25) is 0 Å². The predicted molar refractivity (Wildman–Crippen MR) is 109 cm³/mol. The maximum atomic E-state index is 12.7. The van der Waals surface area contributed by atoms with Crippen molar-refractivity contribution < 1.29 is 23.8 Å². The highest BCUT2D eigenvalue weighted by molar-refractivity contribution is 6.00. The zero-order valence-corrected chi connectivity index (χ0v) is 17.4. The minimum atomic E-state index is -0.654. The molecule has 0 unspecified atom stereocenters. The fourth-order valence-electron chi connectivity index (χ4n) is 4.31. The smallest absolute Gasteiger partial charge is 0.287 e. The summed E-state index contributed by atoms with van der Waals surface area (Å²) in [6, 6.07) is 3.62. The van der Waals surface area contributed by atoms with Crippen LogP contribution in [0.25, 0.3) is 11.0 Å². The van der Waals surface area contributed by atoms with Gasteiger partial charge in [-0.1, -0.05) is 0 Å². The minimum absolute atomic E-state index is 0.221. The summed E-state index contributed by atoms with van der Waals surface area (Å²) in [6.45, 7) is 10.8. The third-order valence-electron chi connectivity index (χ3n) is 5.75. The van der Waals surface area contributed by atoms with E-state index in [0.717, 1.165) is 55.8 Å². The number of hydrogen-bond donors (Lipinski definition) is 2. The summed E-state index contributed by atoms with van der Waals surface area (Å²) in [7, 11) is 0. The molecule has 1 atom stereocenters. The number of furan rings is 1. The fraction of sp³-hybridized carbons (Fsp3) is 0.591. The second-order valence-corrected chi connectivity index (χ2v) is 8.55. The van der Waals surface area contributed by atoms with Crippen LogP contribution in [0.4, 0.5) is 0 Å². The van der Waals surface area contributed by atoms with Crippen LogP contribution in [-0.2, 0) is 4.74 Å². The Labute approximate surface area is 170 Å². The van der Waals surface area contributed by atoms with Crippen molar-refractivity contribution in [3.8, 4) is 5.75 Å². The summed E-state index contributed by atoms with van der Waals surface area (Å²) in [6.07, 6.45) is 0.715. The van der Waals surface area contributed by atoms with E-state index in [1.807, 2.05) is 32.9 Å². The summed E-state index contributed by atoms with van der Waals surface area (Å²) in [5, 5.41) is 14.5. The minimum Gasteiger partial charge on any atom is -0.487 e. The highest BCUT2D eigenvalue weighted by atomic mass is 16.5. The molecular formula is C22H30N2O5. The van der Waals surface area contributed by atoms with E-state index in [1.165, 1.54) is 0 Å². The molecule has 7 nitrogen and oxygen atoms in total. The molecule has 4 rings (SSSR count). The molecule has 3 heterocycles. The molecule has 1 saturated heterocycles. The number of rotatable bonds is 5. The number of benzene rings is 1. The van der Waals surface area contributed by atoms with E-state index in [4.69, 9.17) is 13.9 Å². The zero-order valence-electron chi connectivity index (χ0n) is 17.4. The number of carbonyl (C=O) groups excluding carboxylic acids is 1. The van der Waals surface area contributed by atoms with Crippen LogP contribution in [-0.4, -0.2) is 60.9 Å². The molecule has 0 aliphatic carbocycles. The number of aliphatic hydroxyl groups is 1. The molecule has 2 aliphatic rings. The van der Waals surface area contributed by atoms with E-state index in [9.17, 15) is 9.90 Å². The number of morpholine rings is 1. The number of amides is 1. The Kier molecular flexibility index (Phi) is 5.55. The number of hydrogen-bond acceptors (Lipinski definition) is 6. The lowest BCUT2D eigenvalue weighted by Crippen LogP contribution is -2.38. The molecule has 2 N–H and O–H groups in total. The topological polar surface area (TPSA) is 84.2 Å². The zero-order chi connectivity index (χ0) is 20.6. The van der Waals surface area contributed by atoms with Crippen molar-refractivity contribution in [2.24, 2.45) is 0 Å². The predicted octanol–water partition coefficient (Wildman–Crippen LogP) is 2.79. The lowest BCUT2D eigenvalue weighted by atomic mass is 9.89. The summed E-state index contributed by atoms with van der Waals surface area (Å²) in [4.78, 5) is 15.1. The van der Waals surface area contributed by atoms with Crippen LogP contribution in [0.15, 0.2) is 16.5 Å². The van der Waals surface area contributed by atoms with Gasteiger partial charge in [0.15, 0.2) is 5.76 Å². The largest absolute Gasteiger partial charge is 0.487 e. The van der Waals surface area contributed by atoms with Crippen LogP contribution in [0.5, 0.6) is 5.75 Å². The van der Waals surface area contributed by atoms with Crippen LogP contribution >= 0.6 is 0 Å². The fourth-order valence-corrected chi connectivity index (χ4v) is 4.31. The van der Waals surface area contributed by atoms with Crippen molar-refractivity contribution in [3.63, 3.8) is 0 Å². The van der Waals surface area contributed by atoms with Crippen LogP contribution < -0.4 is 10.1 Å². The number of fused-ring (bicyclic) bond motifs is 3. The Morgan fingerprint density at radius 1 is 1.31 bits per heavy atom. The molecule has 2 aromatic rings. The molecule has 0 saturated carbocycles. The molecule has 7 heteroatoms. The van der Waals surface area contributed by atoms with Gasteiger partial charge in [-0.2, -0.15) is 0 Å². The van der Waals surface area contributed by atoms with E-state index >= 15 is 0 Å². The number of nitrogens with one attached hydrogen (secondary N) is 1. The van der Waals surface area contributed by atoms with E-state index < -0.39 is 11.7 Å². The van der Waals surface area contributed by atoms with E-state index in [0.29, 0.717) is 30.1 Å². The SMILES string of the molecule is Cc1c(C(=O)NCCCN2CCOCC2)oc2ccc3c(c12)[C@@H](O)CC(C)(C)O3. The first-order valence-electron chi connectivity index (χ1n) is 10.4. The lowest BCUT2D eigenvalue weighted by Gasteiger charge is -2.35. The first kappa shape index (κ1) is 20.2. The van der Waals surface area contributed by atoms with E-state index in [1.54, 1.807) is 0 Å². The monoisotopic (exact) mass is 402 g/mol. The van der Waals surface area contributed by atoms with Crippen molar-refractivity contribution in [3.05, 3.63) is 29.0 Å². The molecule has 1 aromatic carbocycles. The van der Waals surface area contributed by atoms with Gasteiger partial charge in [0.2, 0.25) is 0 Å². The number of nitrogens with zero attached hydrogens (tertiary/aromatic N) is 1. The van der Waals surface area contributed by atoms with Crippen LogP contribution in [0.1, 0.15) is 54.5 Å². The van der Waals surface area contributed by atoms with Crippen molar-refractivity contribution >= 4 is 16.9 Å². The molecule has 158 valence electrons. The van der Waals surface area contributed by atoms with Crippen LogP contribution in [0.3, 0.4) is 0 Å². The number of carbonyl (C=O) groups is 1. The molecule has 0 spiro atoms. The molecular weight excluding hydrogens is 372 g/mol. The third-order valence-corrected chi connectivity index (χ3v) is 5.75. The average molecular weight is 402 g/mol. The number of ether oxygens (including phenoxy) is 2. The molecule has 0 bridgehead atoms. The molecule has 1 aromatic heterocycles. The Balaban J connectivity index is 1.47. The average Bonchev–Trinajstić information content (AvgIpc) is 3.01. The summed E-state index contributed by atoms with van der Waals surface area (Å²) in [5.41, 5.74) is 1.62. The summed E-state index contributed by atoms with van der Waals surface area (Å²) in [5.74, 6) is 0.736. The molecule has 1 fully saturated rings. The number of aryl methyl sites for hydroxylation is 1. The molecule has 29 heavy (non-hydrogen) atoms. The van der Waals surface area contributed by atoms with Gasteiger partial charge in [-0.05, 0) is 45.9 Å². The van der Waals surface area contributed by atoms with Crippen molar-refractivity contribution in [2.45, 2.75) is 45.3 Å². The molecule has 2 aliphatic heterocycles. The van der Waals surface area contributed by atoms with Gasteiger partial charge in [0.1, 0.15) is 16.9 Å². The van der Waals surface area contributed by atoms with Gasteiger partial charge in [0.25, 0.3) is 5.91 Å².